The molecule has 0 bridgehead atoms. The Labute approximate surface area is 185 Å². The molecule has 1 aromatic carbocycles. The first-order valence-corrected chi connectivity index (χ1v) is 11.1. The number of nitrogens with two attached hydrogens (primary N) is 1. The molecule has 0 amide bonds. The quantitative estimate of drug-likeness (QED) is 0.300. The molecule has 0 fully saturated rings. The van der Waals surface area contributed by atoms with E-state index in [0.29, 0.717) is 5.56 Å². The minimum atomic E-state index is -3.97. The summed E-state index contributed by atoms with van der Waals surface area (Å²) in [6.07, 6.45) is 2.72. The average Bonchev–Trinajstić information content (AvgIpc) is 2.70. The monoisotopic (exact) mass is 459 g/mol. The molecule has 8 nitrogen and oxygen atoms in total. The Bertz CT molecular complexity index is 1220. The SMILES string of the molecule is CC(C)(C)c1ccc(S(=O)(=O)Nc2cc(Cl)cnc2/C(=N\O)c2ccc(N)nc2)cc1. The fourth-order valence-electron chi connectivity index (χ4n) is 2.83. The molecule has 3 rings (SSSR count). The Balaban J connectivity index is 2.01. The number of anilines is 2. The van der Waals surface area contributed by atoms with Gasteiger partial charge in [-0.15, -0.1) is 0 Å². The number of hydrogen-bond donors (Lipinski definition) is 3. The molecule has 0 atom stereocenters. The van der Waals surface area contributed by atoms with E-state index in [1.54, 1.807) is 18.2 Å². The van der Waals surface area contributed by atoms with E-state index >= 15 is 0 Å². The van der Waals surface area contributed by atoms with E-state index in [4.69, 9.17) is 17.3 Å². The largest absolute Gasteiger partial charge is 0.410 e. The third-order valence-corrected chi connectivity index (χ3v) is 6.10. The number of nitrogen functional groups attached to an aromatic ring is 1. The predicted molar refractivity (Wildman–Crippen MR) is 121 cm³/mol. The van der Waals surface area contributed by atoms with Crippen LogP contribution < -0.4 is 10.5 Å². The van der Waals surface area contributed by atoms with Crippen LogP contribution in [0.4, 0.5) is 11.5 Å². The van der Waals surface area contributed by atoms with Crippen molar-refractivity contribution in [2.75, 3.05) is 10.5 Å². The van der Waals surface area contributed by atoms with Crippen molar-refractivity contribution in [1.82, 2.24) is 9.97 Å². The minimum absolute atomic E-state index is 0.00458. The maximum absolute atomic E-state index is 13.0. The number of rotatable bonds is 5. The Hall–Kier alpha value is -3.17. The minimum Gasteiger partial charge on any atom is -0.410 e. The van der Waals surface area contributed by atoms with Crippen molar-refractivity contribution in [3.05, 3.63) is 76.7 Å². The summed E-state index contributed by atoms with van der Waals surface area (Å²) in [7, 11) is -3.97. The van der Waals surface area contributed by atoms with Crippen LogP contribution in [0.1, 0.15) is 37.6 Å². The van der Waals surface area contributed by atoms with E-state index in [-0.39, 0.29) is 38.2 Å². The molecule has 0 unspecified atom stereocenters. The molecule has 0 spiro atoms. The van der Waals surface area contributed by atoms with Crippen molar-refractivity contribution < 1.29 is 13.6 Å². The van der Waals surface area contributed by atoms with Crippen molar-refractivity contribution in [3.63, 3.8) is 0 Å². The molecular weight excluding hydrogens is 438 g/mol. The van der Waals surface area contributed by atoms with Gasteiger partial charge in [0.15, 0.2) is 0 Å². The van der Waals surface area contributed by atoms with Gasteiger partial charge in [-0.25, -0.2) is 13.4 Å². The summed E-state index contributed by atoms with van der Waals surface area (Å²) >= 11 is 6.05. The van der Waals surface area contributed by atoms with Crippen molar-refractivity contribution in [1.29, 1.82) is 0 Å². The number of hydrogen-bond acceptors (Lipinski definition) is 7. The van der Waals surface area contributed by atoms with Crippen LogP contribution in [0.2, 0.25) is 5.02 Å². The second kappa shape index (κ2) is 8.52. The number of benzene rings is 1. The summed E-state index contributed by atoms with van der Waals surface area (Å²) in [5.41, 5.74) is 7.02. The van der Waals surface area contributed by atoms with Gasteiger partial charge < -0.3 is 10.9 Å². The second-order valence-corrected chi connectivity index (χ2v) is 9.97. The molecule has 0 radical (unpaired) electrons. The Morgan fingerprint density at radius 2 is 1.77 bits per heavy atom. The number of aromatic nitrogens is 2. The normalized spacial score (nSPS) is 12.6. The summed E-state index contributed by atoms with van der Waals surface area (Å²) in [4.78, 5) is 8.20. The first kappa shape index (κ1) is 22.5. The first-order chi connectivity index (χ1) is 14.5. The molecular formula is C21H22ClN5O3S. The highest BCUT2D eigenvalue weighted by molar-refractivity contribution is 7.92. The topological polar surface area (TPSA) is 131 Å². The van der Waals surface area contributed by atoms with Crippen LogP contribution in [0.3, 0.4) is 0 Å². The van der Waals surface area contributed by atoms with Gasteiger partial charge in [0.05, 0.1) is 15.6 Å². The molecule has 10 heteroatoms. The van der Waals surface area contributed by atoms with E-state index < -0.39 is 10.0 Å². The maximum atomic E-state index is 13.0. The van der Waals surface area contributed by atoms with Crippen LogP contribution >= 0.6 is 11.6 Å². The Kier molecular flexibility index (Phi) is 6.19. The van der Waals surface area contributed by atoms with E-state index in [0.717, 1.165) is 5.56 Å². The number of oxime groups is 1. The van der Waals surface area contributed by atoms with Crippen molar-refractivity contribution in [3.8, 4) is 0 Å². The lowest BCUT2D eigenvalue weighted by Gasteiger charge is -2.19. The zero-order valence-electron chi connectivity index (χ0n) is 17.2. The zero-order valence-corrected chi connectivity index (χ0v) is 18.7. The van der Waals surface area contributed by atoms with Gasteiger partial charge in [-0.2, -0.15) is 0 Å². The van der Waals surface area contributed by atoms with Crippen LogP contribution in [-0.2, 0) is 15.4 Å². The van der Waals surface area contributed by atoms with E-state index in [9.17, 15) is 13.6 Å². The van der Waals surface area contributed by atoms with Crippen molar-refractivity contribution >= 4 is 38.8 Å². The lowest BCUT2D eigenvalue weighted by molar-refractivity contribution is 0.319. The Morgan fingerprint density at radius 1 is 1.10 bits per heavy atom. The number of pyridine rings is 2. The number of nitrogens with zero attached hydrogens (tertiary/aromatic N) is 3. The smallest absolute Gasteiger partial charge is 0.261 e. The summed E-state index contributed by atoms with van der Waals surface area (Å²) in [6.45, 7) is 6.13. The van der Waals surface area contributed by atoms with Crippen molar-refractivity contribution in [2.45, 2.75) is 31.1 Å². The molecule has 0 aliphatic carbocycles. The van der Waals surface area contributed by atoms with Gasteiger partial charge in [-0.05, 0) is 41.3 Å². The van der Waals surface area contributed by atoms with Gasteiger partial charge in [0.1, 0.15) is 17.2 Å². The van der Waals surface area contributed by atoms with E-state index in [1.165, 1.54) is 36.7 Å². The molecule has 162 valence electrons. The molecule has 31 heavy (non-hydrogen) atoms. The summed E-state index contributed by atoms with van der Waals surface area (Å²) in [5, 5.41) is 13.1. The number of halogens is 1. The van der Waals surface area contributed by atoms with Crippen LogP contribution in [0.25, 0.3) is 0 Å². The van der Waals surface area contributed by atoms with Gasteiger partial charge in [0, 0.05) is 18.0 Å². The third kappa shape index (κ3) is 5.12. The number of sulfonamides is 1. The molecule has 0 saturated carbocycles. The van der Waals surface area contributed by atoms with Gasteiger partial charge >= 0.3 is 0 Å². The third-order valence-electron chi connectivity index (χ3n) is 4.51. The van der Waals surface area contributed by atoms with Crippen LogP contribution in [-0.4, -0.2) is 29.3 Å². The van der Waals surface area contributed by atoms with Crippen LogP contribution in [0, 0.1) is 0 Å². The average molecular weight is 460 g/mol. The highest BCUT2D eigenvalue weighted by Gasteiger charge is 2.22. The fraction of sp³-hybridized carbons (Fsp3) is 0.190. The molecule has 0 aliphatic heterocycles. The molecule has 0 aliphatic rings. The zero-order chi connectivity index (χ0) is 22.8. The van der Waals surface area contributed by atoms with Gasteiger partial charge in [0.2, 0.25) is 0 Å². The van der Waals surface area contributed by atoms with Gasteiger partial charge in [0.25, 0.3) is 10.0 Å². The second-order valence-electron chi connectivity index (χ2n) is 7.85. The molecule has 3 aromatic rings. The lowest BCUT2D eigenvalue weighted by atomic mass is 9.87. The Morgan fingerprint density at radius 3 is 2.32 bits per heavy atom. The molecule has 4 N–H and O–H groups in total. The van der Waals surface area contributed by atoms with Crippen molar-refractivity contribution in [2.24, 2.45) is 5.16 Å². The van der Waals surface area contributed by atoms with Gasteiger partial charge in [-0.3, -0.25) is 9.71 Å². The first-order valence-electron chi connectivity index (χ1n) is 9.24. The maximum Gasteiger partial charge on any atom is 0.261 e. The highest BCUT2D eigenvalue weighted by atomic mass is 35.5. The molecule has 2 aromatic heterocycles. The van der Waals surface area contributed by atoms with E-state index in [2.05, 4.69) is 19.8 Å². The van der Waals surface area contributed by atoms with Crippen LogP contribution in [0.5, 0.6) is 0 Å². The van der Waals surface area contributed by atoms with E-state index in [1.807, 2.05) is 20.8 Å². The number of nitrogens with one attached hydrogen (secondary N) is 1. The standard InChI is InChI=1S/C21H22ClN5O3S/c1-21(2,3)14-5-7-16(8-6-14)31(29,30)27-17-10-15(22)12-25-20(17)19(26-28)13-4-9-18(23)24-11-13/h4-12,27-28H,1-3H3,(H2,23,24)/b26-19-. The van der Waals surface area contributed by atoms with Crippen LogP contribution in [0.15, 0.2) is 64.9 Å². The highest BCUT2D eigenvalue weighted by Crippen LogP contribution is 2.27. The predicted octanol–water partition coefficient (Wildman–Crippen LogP) is 4.04. The lowest BCUT2D eigenvalue weighted by Crippen LogP contribution is -2.18. The molecule has 0 saturated heterocycles. The molecule has 2 heterocycles. The van der Waals surface area contributed by atoms with Gasteiger partial charge in [-0.1, -0.05) is 49.7 Å². The summed E-state index contributed by atoms with van der Waals surface area (Å²) in [5.74, 6) is 0.282. The summed E-state index contributed by atoms with van der Waals surface area (Å²) < 4.78 is 28.5. The fourth-order valence-corrected chi connectivity index (χ4v) is 4.05. The summed E-state index contributed by atoms with van der Waals surface area (Å²) in [6, 6.07) is 11.1.